The molecule has 7 nitrogen and oxygen atoms in total. The number of nitrogens with zero attached hydrogens (tertiary/aromatic N) is 2. The molecule has 0 saturated carbocycles. The first kappa shape index (κ1) is 21.8. The third-order valence-corrected chi connectivity index (χ3v) is 6.68. The first-order chi connectivity index (χ1) is 15.3. The number of aromatic nitrogens is 1. The van der Waals surface area contributed by atoms with Crippen LogP contribution >= 0.6 is 0 Å². The Morgan fingerprint density at radius 3 is 2.59 bits per heavy atom. The van der Waals surface area contributed by atoms with Crippen LogP contribution in [-0.2, 0) is 10.0 Å². The molecule has 1 aromatic heterocycles. The fourth-order valence-electron chi connectivity index (χ4n) is 3.77. The molecular formula is C23H23FN4O3S. The van der Waals surface area contributed by atoms with Crippen molar-refractivity contribution in [3.63, 3.8) is 0 Å². The van der Waals surface area contributed by atoms with Gasteiger partial charge in [0.25, 0.3) is 15.9 Å². The average molecular weight is 455 g/mol. The standard InChI is InChI=1S/C23H23FN4O3S/c1-15-13-19(16(2)28(15)21-10-4-3-9-20(21)24)23(29)26-17-7-5-8-18(14-17)32(30,31)27-22-11-6-12-25-22/h3-5,7-10,13-14H,6,11-12H2,1-2H3,(H,25,27)(H,26,29). The molecule has 0 bridgehead atoms. The van der Waals surface area contributed by atoms with Gasteiger partial charge in [-0.15, -0.1) is 0 Å². The van der Waals surface area contributed by atoms with E-state index < -0.39 is 21.7 Å². The van der Waals surface area contributed by atoms with Gasteiger partial charge in [-0.3, -0.25) is 14.5 Å². The van der Waals surface area contributed by atoms with E-state index in [-0.39, 0.29) is 4.90 Å². The number of benzene rings is 2. The monoisotopic (exact) mass is 454 g/mol. The van der Waals surface area contributed by atoms with Gasteiger partial charge in [0.05, 0.1) is 16.1 Å². The minimum atomic E-state index is -3.80. The molecule has 2 heterocycles. The maximum absolute atomic E-state index is 14.3. The molecule has 0 atom stereocenters. The minimum Gasteiger partial charge on any atom is -0.322 e. The lowest BCUT2D eigenvalue weighted by molar-refractivity contribution is 0.102. The van der Waals surface area contributed by atoms with Crippen LogP contribution < -0.4 is 10.0 Å². The van der Waals surface area contributed by atoms with Crippen LogP contribution in [0.25, 0.3) is 5.69 Å². The Bertz CT molecular complexity index is 1330. The van der Waals surface area contributed by atoms with Gasteiger partial charge >= 0.3 is 0 Å². The van der Waals surface area contributed by atoms with Gasteiger partial charge < -0.3 is 9.88 Å². The van der Waals surface area contributed by atoms with Crippen molar-refractivity contribution >= 4 is 27.5 Å². The summed E-state index contributed by atoms with van der Waals surface area (Å²) in [7, 11) is -3.80. The van der Waals surface area contributed by atoms with Crippen molar-refractivity contribution in [3.05, 3.63) is 77.4 Å². The Balaban J connectivity index is 1.58. The SMILES string of the molecule is Cc1cc(C(=O)Nc2cccc(S(=O)(=O)NC3=NCCC3)c2)c(C)n1-c1ccccc1F. The normalized spacial score (nSPS) is 13.7. The highest BCUT2D eigenvalue weighted by Crippen LogP contribution is 2.24. The van der Waals surface area contributed by atoms with Gasteiger partial charge in [-0.05, 0) is 56.7 Å². The number of carbonyl (C=O) groups excluding carboxylic acids is 1. The first-order valence-electron chi connectivity index (χ1n) is 10.2. The molecule has 0 unspecified atom stereocenters. The van der Waals surface area contributed by atoms with Crippen LogP contribution in [0.2, 0.25) is 0 Å². The Hall–Kier alpha value is -3.46. The molecule has 4 rings (SSSR count). The van der Waals surface area contributed by atoms with E-state index in [1.165, 1.54) is 18.2 Å². The molecule has 32 heavy (non-hydrogen) atoms. The number of para-hydroxylation sites is 1. The van der Waals surface area contributed by atoms with Crippen LogP contribution in [0.4, 0.5) is 10.1 Å². The third-order valence-electron chi connectivity index (χ3n) is 5.30. The molecule has 1 amide bonds. The summed E-state index contributed by atoms with van der Waals surface area (Å²) in [4.78, 5) is 17.1. The second-order valence-corrected chi connectivity index (χ2v) is 9.27. The molecular weight excluding hydrogens is 431 g/mol. The molecule has 9 heteroatoms. The molecule has 1 aliphatic heterocycles. The summed E-state index contributed by atoms with van der Waals surface area (Å²) in [6.07, 6.45) is 1.41. The number of amidine groups is 1. The predicted octanol–water partition coefficient (Wildman–Crippen LogP) is 3.96. The second-order valence-electron chi connectivity index (χ2n) is 7.59. The number of hydrogen-bond acceptors (Lipinski definition) is 4. The molecule has 0 aliphatic carbocycles. The minimum absolute atomic E-state index is 0.0294. The van der Waals surface area contributed by atoms with E-state index in [1.54, 1.807) is 54.8 Å². The summed E-state index contributed by atoms with van der Waals surface area (Å²) in [6, 6.07) is 14.0. The summed E-state index contributed by atoms with van der Waals surface area (Å²) in [5, 5.41) is 2.74. The van der Waals surface area contributed by atoms with Crippen molar-refractivity contribution in [2.24, 2.45) is 4.99 Å². The largest absolute Gasteiger partial charge is 0.322 e. The molecule has 1 aliphatic rings. The van der Waals surface area contributed by atoms with Crippen LogP contribution in [0.1, 0.15) is 34.6 Å². The van der Waals surface area contributed by atoms with Crippen molar-refractivity contribution < 1.29 is 17.6 Å². The smallest absolute Gasteiger partial charge is 0.262 e. The third kappa shape index (κ3) is 4.29. The van der Waals surface area contributed by atoms with E-state index in [0.29, 0.717) is 47.1 Å². The number of aliphatic imine (C=N–C) groups is 1. The Labute approximate surface area is 186 Å². The van der Waals surface area contributed by atoms with Gasteiger partial charge in [-0.1, -0.05) is 18.2 Å². The number of carbonyl (C=O) groups is 1. The molecule has 0 radical (unpaired) electrons. The highest BCUT2D eigenvalue weighted by Gasteiger charge is 2.21. The molecule has 3 aromatic rings. The Morgan fingerprint density at radius 1 is 1.09 bits per heavy atom. The predicted molar refractivity (Wildman–Crippen MR) is 121 cm³/mol. The van der Waals surface area contributed by atoms with Crippen molar-refractivity contribution in [3.8, 4) is 5.69 Å². The number of aryl methyl sites for hydroxylation is 1. The number of hydrogen-bond donors (Lipinski definition) is 2. The molecule has 2 aromatic carbocycles. The lowest BCUT2D eigenvalue weighted by Crippen LogP contribution is -2.29. The summed E-state index contributed by atoms with van der Waals surface area (Å²) in [6.45, 7) is 4.14. The van der Waals surface area contributed by atoms with Gasteiger partial charge in [0, 0.05) is 30.0 Å². The van der Waals surface area contributed by atoms with E-state index in [0.717, 1.165) is 6.42 Å². The van der Waals surface area contributed by atoms with Crippen molar-refractivity contribution in [1.29, 1.82) is 0 Å². The Morgan fingerprint density at radius 2 is 1.88 bits per heavy atom. The van der Waals surface area contributed by atoms with Gasteiger partial charge in [0.1, 0.15) is 11.7 Å². The van der Waals surface area contributed by atoms with Gasteiger partial charge in [0.2, 0.25) is 0 Å². The van der Waals surface area contributed by atoms with Crippen LogP contribution in [-0.4, -0.2) is 31.3 Å². The number of anilines is 1. The molecule has 2 N–H and O–H groups in total. The van der Waals surface area contributed by atoms with E-state index in [1.807, 2.05) is 0 Å². The number of nitrogens with one attached hydrogen (secondary N) is 2. The van der Waals surface area contributed by atoms with Crippen LogP contribution in [0.15, 0.2) is 64.5 Å². The first-order valence-corrected chi connectivity index (χ1v) is 11.7. The molecule has 0 fully saturated rings. The lowest BCUT2D eigenvalue weighted by Gasteiger charge is -2.12. The van der Waals surface area contributed by atoms with Crippen LogP contribution in [0.3, 0.4) is 0 Å². The highest BCUT2D eigenvalue weighted by molar-refractivity contribution is 7.90. The summed E-state index contributed by atoms with van der Waals surface area (Å²) < 4.78 is 43.8. The Kier molecular flexibility index (Phi) is 5.84. The van der Waals surface area contributed by atoms with E-state index in [2.05, 4.69) is 15.0 Å². The zero-order valence-electron chi connectivity index (χ0n) is 17.7. The second kappa shape index (κ2) is 8.58. The summed E-state index contributed by atoms with van der Waals surface area (Å²) in [5.41, 5.74) is 2.35. The summed E-state index contributed by atoms with van der Waals surface area (Å²) >= 11 is 0. The van der Waals surface area contributed by atoms with Crippen molar-refractivity contribution in [2.75, 3.05) is 11.9 Å². The van der Waals surface area contributed by atoms with Crippen LogP contribution in [0.5, 0.6) is 0 Å². The number of sulfonamides is 1. The zero-order chi connectivity index (χ0) is 22.9. The highest BCUT2D eigenvalue weighted by atomic mass is 32.2. The fourth-order valence-corrected chi connectivity index (χ4v) is 4.91. The topological polar surface area (TPSA) is 92.6 Å². The summed E-state index contributed by atoms with van der Waals surface area (Å²) in [5.74, 6) is -0.359. The van der Waals surface area contributed by atoms with Crippen LogP contribution in [0, 0.1) is 19.7 Å². The number of rotatable bonds is 5. The van der Waals surface area contributed by atoms with E-state index in [9.17, 15) is 17.6 Å². The maximum Gasteiger partial charge on any atom is 0.262 e. The van der Waals surface area contributed by atoms with Gasteiger partial charge in [0.15, 0.2) is 0 Å². The molecule has 166 valence electrons. The quantitative estimate of drug-likeness (QED) is 0.611. The fraction of sp³-hybridized carbons (Fsp3) is 0.217. The average Bonchev–Trinajstić information content (AvgIpc) is 3.36. The number of amides is 1. The zero-order valence-corrected chi connectivity index (χ0v) is 18.5. The van der Waals surface area contributed by atoms with E-state index in [4.69, 9.17) is 0 Å². The van der Waals surface area contributed by atoms with Gasteiger partial charge in [-0.2, -0.15) is 0 Å². The lowest BCUT2D eigenvalue weighted by atomic mass is 10.2. The number of halogens is 1. The molecule has 0 saturated heterocycles. The van der Waals surface area contributed by atoms with Crippen molar-refractivity contribution in [2.45, 2.75) is 31.6 Å². The molecule has 0 spiro atoms. The van der Waals surface area contributed by atoms with Crippen molar-refractivity contribution in [1.82, 2.24) is 9.29 Å². The van der Waals surface area contributed by atoms with Gasteiger partial charge in [-0.25, -0.2) is 12.8 Å². The van der Waals surface area contributed by atoms with E-state index >= 15 is 0 Å². The maximum atomic E-state index is 14.3.